The molecular formula is C19H28BN2Na2O4. The average molecular weight is 405 g/mol. The molecule has 0 aliphatic heterocycles. The predicted molar refractivity (Wildman–Crippen MR) is 103 cm³/mol. The Morgan fingerprint density at radius 2 is 1.39 bits per heavy atom. The van der Waals surface area contributed by atoms with Gasteiger partial charge in [-0.1, -0.05) is 67.6 Å². The Morgan fingerprint density at radius 1 is 1.04 bits per heavy atom. The number of aliphatic hydroxyl groups excluding tert-OH is 1. The average Bonchev–Trinajstić information content (AvgIpc) is 2.68. The summed E-state index contributed by atoms with van der Waals surface area (Å²) in [6.45, 7) is 1.57. The molecule has 2 unspecified atom stereocenters. The van der Waals surface area contributed by atoms with Gasteiger partial charge in [-0.05, 0) is 11.1 Å². The third-order valence-corrected chi connectivity index (χ3v) is 3.04. The van der Waals surface area contributed by atoms with Gasteiger partial charge in [-0.25, -0.2) is 0 Å². The van der Waals surface area contributed by atoms with Gasteiger partial charge in [0, 0.05) is 8.41 Å². The zero-order valence-corrected chi connectivity index (χ0v) is 21.2. The number of carbonyl (C=O) groups excluding carboxylic acids is 1. The minimum atomic E-state index is -0.670. The van der Waals surface area contributed by atoms with Crippen LogP contribution in [0.15, 0.2) is 60.7 Å². The van der Waals surface area contributed by atoms with Crippen LogP contribution in [0, 0.1) is 0 Å². The van der Waals surface area contributed by atoms with Crippen LogP contribution in [0.1, 0.15) is 31.6 Å². The molecule has 9 heteroatoms. The van der Waals surface area contributed by atoms with Crippen LogP contribution in [0.3, 0.4) is 0 Å². The van der Waals surface area contributed by atoms with E-state index >= 15 is 0 Å². The first kappa shape index (κ1) is 35.3. The maximum absolute atomic E-state index is 11.0. The number of aliphatic hydroxyl groups is 1. The van der Waals surface area contributed by atoms with Gasteiger partial charge in [-0.15, -0.1) is 6.61 Å². The summed E-state index contributed by atoms with van der Waals surface area (Å²) in [5, 5.41) is 17.6. The van der Waals surface area contributed by atoms with E-state index in [4.69, 9.17) is 21.7 Å². The van der Waals surface area contributed by atoms with Gasteiger partial charge < -0.3 is 27.8 Å². The molecule has 2 aromatic carbocycles. The summed E-state index contributed by atoms with van der Waals surface area (Å²) in [5.74, 6) is -0.416. The van der Waals surface area contributed by atoms with Crippen molar-refractivity contribution in [2.45, 2.75) is 19.0 Å². The van der Waals surface area contributed by atoms with Crippen LogP contribution in [0.25, 0.3) is 0 Å². The first-order chi connectivity index (χ1) is 12.0. The molecule has 0 saturated heterocycles. The number of rotatable bonds is 4. The molecule has 6 nitrogen and oxygen atoms in total. The van der Waals surface area contributed by atoms with Gasteiger partial charge in [0.1, 0.15) is 6.04 Å². The molecule has 2 aromatic rings. The molecule has 5 N–H and O–H groups in total. The van der Waals surface area contributed by atoms with E-state index in [1.54, 1.807) is 19.1 Å². The minimum Gasteiger partial charge on any atom is -1.00 e. The van der Waals surface area contributed by atoms with Crippen molar-refractivity contribution in [3.8, 4) is 0 Å². The van der Waals surface area contributed by atoms with E-state index in [-0.39, 0.29) is 88.2 Å². The van der Waals surface area contributed by atoms with Crippen molar-refractivity contribution < 1.29 is 80.3 Å². The van der Waals surface area contributed by atoms with Crippen LogP contribution < -0.4 is 75.7 Å². The number of methoxy groups -OCH3 is 1. The molecule has 0 spiro atoms. The Balaban J connectivity index is -0.000000105. The Hall–Kier alpha value is -0.185. The van der Waals surface area contributed by atoms with Gasteiger partial charge >= 0.3 is 65.1 Å². The van der Waals surface area contributed by atoms with E-state index in [0.29, 0.717) is 0 Å². The Labute approximate surface area is 215 Å². The summed E-state index contributed by atoms with van der Waals surface area (Å²) in [4.78, 5) is 11.0. The van der Waals surface area contributed by atoms with E-state index in [9.17, 15) is 4.79 Å². The smallest absolute Gasteiger partial charge is 1.00 e. The number of nitrogens with two attached hydrogens (primary N) is 2. The van der Waals surface area contributed by atoms with E-state index in [0.717, 1.165) is 11.1 Å². The first-order valence-corrected chi connectivity index (χ1v) is 7.89. The fourth-order valence-electron chi connectivity index (χ4n) is 1.73. The van der Waals surface area contributed by atoms with Crippen LogP contribution in [0.4, 0.5) is 0 Å². The molecular weight excluding hydrogens is 377 g/mol. The summed E-state index contributed by atoms with van der Waals surface area (Å²) < 4.78 is 4.50. The predicted octanol–water partition coefficient (Wildman–Crippen LogP) is -5.36. The molecule has 0 aliphatic carbocycles. The molecule has 2 atom stereocenters. The van der Waals surface area contributed by atoms with Crippen molar-refractivity contribution >= 4 is 14.4 Å². The summed E-state index contributed by atoms with van der Waals surface area (Å²) in [7, 11) is 1.32. The van der Waals surface area contributed by atoms with Gasteiger partial charge in [0.25, 0.3) is 0 Å². The molecule has 0 amide bonds. The molecule has 3 radical (unpaired) electrons. The van der Waals surface area contributed by atoms with Gasteiger partial charge in [0.2, 0.25) is 0 Å². The standard InChI is InChI=1S/C9H11NO2.C8H11NO.C2H5O.B.2Na.H/c1-12-9(11)8(10)7-5-3-2-4-6-7;9-8(6-10)7-4-2-1-3-5-7;1-2-3;;;;/h2-6,8H,10H2,1H3;1-5,8,10H,6,9H2;2H2,1H3;;;;/q;;-1;;2*+1;-1. The van der Waals surface area contributed by atoms with Crippen molar-refractivity contribution in [1.82, 2.24) is 0 Å². The zero-order valence-electron chi connectivity index (χ0n) is 18.2. The number of hydrogen-bond acceptors (Lipinski definition) is 6. The van der Waals surface area contributed by atoms with Crippen molar-refractivity contribution in [2.24, 2.45) is 11.5 Å². The number of esters is 1. The number of ether oxygens (including phenoxy) is 1. The van der Waals surface area contributed by atoms with Gasteiger partial charge in [0.05, 0.1) is 19.8 Å². The quantitative estimate of drug-likeness (QED) is 0.345. The summed E-state index contributed by atoms with van der Waals surface area (Å²) in [6, 6.07) is 17.8. The Kier molecular flexibility index (Phi) is 29.1. The number of hydrogen-bond donors (Lipinski definition) is 3. The van der Waals surface area contributed by atoms with Crippen LogP contribution in [-0.4, -0.2) is 39.8 Å². The van der Waals surface area contributed by atoms with Crippen molar-refractivity contribution in [2.75, 3.05) is 20.3 Å². The molecule has 143 valence electrons. The number of carbonyl (C=O) groups is 1. The van der Waals surface area contributed by atoms with Crippen LogP contribution >= 0.6 is 0 Å². The molecule has 0 fully saturated rings. The summed E-state index contributed by atoms with van der Waals surface area (Å²) in [5.41, 5.74) is 12.9. The third-order valence-electron chi connectivity index (χ3n) is 3.04. The van der Waals surface area contributed by atoms with E-state index in [1.807, 2.05) is 48.5 Å². The fraction of sp³-hybridized carbons (Fsp3) is 0.316. The molecule has 0 bridgehead atoms. The maximum Gasteiger partial charge on any atom is 1.00 e. The molecule has 0 heterocycles. The second kappa shape index (κ2) is 23.1. The van der Waals surface area contributed by atoms with Crippen molar-refractivity contribution in [3.05, 3.63) is 71.8 Å². The van der Waals surface area contributed by atoms with E-state index in [1.165, 1.54) is 7.11 Å². The van der Waals surface area contributed by atoms with Gasteiger partial charge in [-0.3, -0.25) is 4.79 Å². The summed E-state index contributed by atoms with van der Waals surface area (Å²) >= 11 is 0. The van der Waals surface area contributed by atoms with E-state index < -0.39 is 12.0 Å². The molecule has 0 aliphatic rings. The SMILES string of the molecule is CC[O-].COC(=O)C(N)c1ccccc1.NC(CO)c1ccccc1.[B].[H-].[Na+].[Na+]. The van der Waals surface area contributed by atoms with Crippen LogP contribution in [0.5, 0.6) is 0 Å². The number of benzene rings is 2. The first-order valence-electron chi connectivity index (χ1n) is 7.89. The Morgan fingerprint density at radius 3 is 1.71 bits per heavy atom. The normalized spacial score (nSPS) is 10.5. The van der Waals surface area contributed by atoms with Crippen LogP contribution in [0.2, 0.25) is 0 Å². The van der Waals surface area contributed by atoms with Gasteiger partial charge in [0.15, 0.2) is 0 Å². The third kappa shape index (κ3) is 15.7. The van der Waals surface area contributed by atoms with Crippen molar-refractivity contribution in [1.29, 1.82) is 0 Å². The Bertz CT molecular complexity index is 587. The minimum absolute atomic E-state index is 0. The molecule has 2 rings (SSSR count). The molecule has 28 heavy (non-hydrogen) atoms. The molecule has 0 aromatic heterocycles. The second-order valence-corrected chi connectivity index (χ2v) is 4.90. The van der Waals surface area contributed by atoms with Crippen LogP contribution in [-0.2, 0) is 9.53 Å². The monoisotopic (exact) mass is 405 g/mol. The largest absolute Gasteiger partial charge is 1.00 e. The topological polar surface area (TPSA) is 122 Å². The van der Waals surface area contributed by atoms with Crippen molar-refractivity contribution in [3.63, 3.8) is 0 Å². The second-order valence-electron chi connectivity index (χ2n) is 4.90. The zero-order chi connectivity index (χ0) is 19.1. The van der Waals surface area contributed by atoms with E-state index in [2.05, 4.69) is 4.74 Å². The molecule has 0 saturated carbocycles. The maximum atomic E-state index is 11.0. The fourth-order valence-corrected chi connectivity index (χ4v) is 1.73. The summed E-state index contributed by atoms with van der Waals surface area (Å²) in [6.07, 6.45) is 0. The van der Waals surface area contributed by atoms with Gasteiger partial charge in [-0.2, -0.15) is 0 Å².